The summed E-state index contributed by atoms with van der Waals surface area (Å²) in [7, 11) is 1.99. The minimum Gasteiger partial charge on any atom is -0.444 e. The number of carbonyl (C=O) groups excluding carboxylic acids is 1. The third kappa shape index (κ3) is 2.94. The fraction of sp³-hybridized carbons (Fsp3) is 0.923. The quantitative estimate of drug-likeness (QED) is 0.792. The molecule has 2 aliphatic heterocycles. The Labute approximate surface area is 114 Å². The molecular weight excluding hydrogens is 248 g/mol. The summed E-state index contributed by atoms with van der Waals surface area (Å²) >= 11 is 1.95. The van der Waals surface area contributed by atoms with Gasteiger partial charge in [-0.15, -0.1) is 0 Å². The van der Waals surface area contributed by atoms with Crippen molar-refractivity contribution in [2.45, 2.75) is 44.9 Å². The highest BCUT2D eigenvalue weighted by Crippen LogP contribution is 2.35. The second kappa shape index (κ2) is 5.29. The monoisotopic (exact) mass is 272 g/mol. The van der Waals surface area contributed by atoms with Crippen LogP contribution in [0.5, 0.6) is 0 Å². The van der Waals surface area contributed by atoms with E-state index in [0.29, 0.717) is 18.0 Å². The van der Waals surface area contributed by atoms with Gasteiger partial charge in [-0.1, -0.05) is 0 Å². The lowest BCUT2D eigenvalue weighted by Crippen LogP contribution is -2.43. The van der Waals surface area contributed by atoms with Gasteiger partial charge in [-0.2, -0.15) is 11.8 Å². The maximum absolute atomic E-state index is 12.2. The average molecular weight is 272 g/mol. The summed E-state index contributed by atoms with van der Waals surface area (Å²) in [6.45, 7) is 6.54. The Morgan fingerprint density at radius 2 is 2.17 bits per heavy atom. The van der Waals surface area contributed by atoms with Gasteiger partial charge >= 0.3 is 6.09 Å². The summed E-state index contributed by atoms with van der Waals surface area (Å²) in [5.41, 5.74) is -0.411. The molecule has 2 saturated heterocycles. The molecule has 104 valence electrons. The molecule has 1 N–H and O–H groups in total. The molecule has 0 aromatic carbocycles. The third-order valence-electron chi connectivity index (χ3n) is 3.69. The van der Waals surface area contributed by atoms with E-state index in [-0.39, 0.29) is 6.09 Å². The SMILES string of the molecule is CNC1CN(C(=O)OC(C)(C)C)C2CSCCC12. The van der Waals surface area contributed by atoms with Crippen molar-refractivity contribution in [3.05, 3.63) is 0 Å². The van der Waals surface area contributed by atoms with Crippen LogP contribution in [-0.4, -0.2) is 53.8 Å². The largest absolute Gasteiger partial charge is 0.444 e. The lowest BCUT2D eigenvalue weighted by atomic mass is 9.94. The molecule has 0 bridgehead atoms. The zero-order chi connectivity index (χ0) is 13.3. The summed E-state index contributed by atoms with van der Waals surface area (Å²) in [4.78, 5) is 14.2. The van der Waals surface area contributed by atoms with Gasteiger partial charge in [0.1, 0.15) is 5.60 Å². The number of amides is 1. The lowest BCUT2D eigenvalue weighted by molar-refractivity contribution is 0.0223. The third-order valence-corrected chi connectivity index (χ3v) is 4.79. The first-order valence-electron chi connectivity index (χ1n) is 6.67. The van der Waals surface area contributed by atoms with Gasteiger partial charge in [0.05, 0.1) is 0 Å². The minimum atomic E-state index is -0.411. The van der Waals surface area contributed by atoms with Crippen molar-refractivity contribution >= 4 is 17.9 Å². The van der Waals surface area contributed by atoms with Crippen LogP contribution in [0.25, 0.3) is 0 Å². The standard InChI is InChI=1S/C13H24N2O2S/c1-13(2,3)17-12(16)15-7-10(14-4)9-5-6-18-8-11(9)15/h9-11,14H,5-8H2,1-4H3. The van der Waals surface area contributed by atoms with Gasteiger partial charge in [-0.3, -0.25) is 0 Å². The Hall–Kier alpha value is -0.420. The van der Waals surface area contributed by atoms with Crippen LogP contribution in [0.3, 0.4) is 0 Å². The van der Waals surface area contributed by atoms with E-state index in [1.165, 1.54) is 12.2 Å². The molecule has 0 spiro atoms. The fourth-order valence-electron chi connectivity index (χ4n) is 2.85. The number of nitrogens with one attached hydrogen (secondary N) is 1. The molecule has 0 aromatic rings. The smallest absolute Gasteiger partial charge is 0.410 e. The highest BCUT2D eigenvalue weighted by Gasteiger charge is 2.45. The van der Waals surface area contributed by atoms with E-state index in [1.54, 1.807) is 0 Å². The summed E-state index contributed by atoms with van der Waals surface area (Å²) in [5, 5.41) is 3.35. The number of hydrogen-bond acceptors (Lipinski definition) is 4. The Bertz CT molecular complexity index is 317. The molecule has 0 radical (unpaired) electrons. The predicted molar refractivity (Wildman–Crippen MR) is 75.0 cm³/mol. The molecule has 0 saturated carbocycles. The van der Waals surface area contributed by atoms with E-state index in [9.17, 15) is 4.79 Å². The predicted octanol–water partition coefficient (Wildman–Crippen LogP) is 1.95. The number of hydrogen-bond donors (Lipinski definition) is 1. The molecule has 1 amide bonds. The van der Waals surface area contributed by atoms with Crippen LogP contribution in [0, 0.1) is 5.92 Å². The van der Waals surface area contributed by atoms with Crippen LogP contribution in [0.4, 0.5) is 4.79 Å². The van der Waals surface area contributed by atoms with E-state index < -0.39 is 5.60 Å². The summed E-state index contributed by atoms with van der Waals surface area (Å²) < 4.78 is 5.51. The number of likely N-dealkylation sites (N-methyl/N-ethyl adjacent to an activating group) is 1. The molecule has 3 unspecified atom stereocenters. The molecule has 0 aliphatic carbocycles. The maximum Gasteiger partial charge on any atom is 0.410 e. The molecule has 2 fully saturated rings. The Balaban J connectivity index is 2.06. The molecule has 3 atom stereocenters. The van der Waals surface area contributed by atoms with Crippen LogP contribution in [0.1, 0.15) is 27.2 Å². The summed E-state index contributed by atoms with van der Waals surface area (Å²) in [6.07, 6.45) is 1.04. The van der Waals surface area contributed by atoms with Gasteiger partial charge in [-0.25, -0.2) is 4.79 Å². The van der Waals surface area contributed by atoms with Crippen molar-refractivity contribution < 1.29 is 9.53 Å². The maximum atomic E-state index is 12.2. The topological polar surface area (TPSA) is 41.6 Å². The van der Waals surface area contributed by atoms with E-state index in [1.807, 2.05) is 44.5 Å². The van der Waals surface area contributed by atoms with Crippen molar-refractivity contribution in [1.29, 1.82) is 0 Å². The number of ether oxygens (including phenoxy) is 1. The van der Waals surface area contributed by atoms with Gasteiger partial charge in [0.15, 0.2) is 0 Å². The molecular formula is C13H24N2O2S. The summed E-state index contributed by atoms with van der Waals surface area (Å²) in [6, 6.07) is 0.763. The Morgan fingerprint density at radius 1 is 1.44 bits per heavy atom. The molecule has 5 heteroatoms. The zero-order valence-corrected chi connectivity index (χ0v) is 12.5. The second-order valence-electron chi connectivity index (χ2n) is 6.12. The van der Waals surface area contributed by atoms with Crippen LogP contribution < -0.4 is 5.32 Å². The number of carbonyl (C=O) groups is 1. The van der Waals surface area contributed by atoms with Crippen LogP contribution in [0.2, 0.25) is 0 Å². The Morgan fingerprint density at radius 3 is 2.78 bits per heavy atom. The number of fused-ring (bicyclic) bond motifs is 1. The van der Waals surface area contributed by atoms with Crippen molar-refractivity contribution in [2.24, 2.45) is 5.92 Å². The minimum absolute atomic E-state index is 0.155. The normalized spacial score (nSPS) is 32.2. The van der Waals surface area contributed by atoms with Crippen LogP contribution in [0.15, 0.2) is 0 Å². The molecule has 2 aliphatic rings. The van der Waals surface area contributed by atoms with Crippen LogP contribution >= 0.6 is 11.8 Å². The Kier molecular flexibility index (Phi) is 4.11. The van der Waals surface area contributed by atoms with Gasteiger partial charge in [0.25, 0.3) is 0 Å². The number of thioether (sulfide) groups is 1. The first kappa shape index (κ1) is 14.0. The van der Waals surface area contributed by atoms with Crippen molar-refractivity contribution in [3.8, 4) is 0 Å². The highest BCUT2D eigenvalue weighted by atomic mass is 32.2. The zero-order valence-electron chi connectivity index (χ0n) is 11.7. The van der Waals surface area contributed by atoms with E-state index in [4.69, 9.17) is 4.74 Å². The number of rotatable bonds is 1. The highest BCUT2D eigenvalue weighted by molar-refractivity contribution is 7.99. The summed E-state index contributed by atoms with van der Waals surface area (Å²) in [5.74, 6) is 2.84. The van der Waals surface area contributed by atoms with Gasteiger partial charge in [0, 0.05) is 24.4 Å². The molecule has 0 aromatic heterocycles. The van der Waals surface area contributed by atoms with Crippen molar-refractivity contribution in [3.63, 3.8) is 0 Å². The van der Waals surface area contributed by atoms with Crippen molar-refractivity contribution in [1.82, 2.24) is 10.2 Å². The molecule has 2 rings (SSSR count). The van der Waals surface area contributed by atoms with Gasteiger partial charge < -0.3 is 15.0 Å². The van der Waals surface area contributed by atoms with E-state index >= 15 is 0 Å². The van der Waals surface area contributed by atoms with E-state index in [2.05, 4.69) is 5.32 Å². The first-order chi connectivity index (χ1) is 8.42. The second-order valence-corrected chi connectivity index (χ2v) is 7.27. The lowest BCUT2D eigenvalue weighted by Gasteiger charge is -2.33. The molecule has 18 heavy (non-hydrogen) atoms. The van der Waals surface area contributed by atoms with Gasteiger partial charge in [0.2, 0.25) is 0 Å². The van der Waals surface area contributed by atoms with Crippen molar-refractivity contribution in [2.75, 3.05) is 25.1 Å². The molecule has 4 nitrogen and oxygen atoms in total. The van der Waals surface area contributed by atoms with E-state index in [0.717, 1.165) is 12.3 Å². The number of likely N-dealkylation sites (tertiary alicyclic amines) is 1. The number of nitrogens with zero attached hydrogens (tertiary/aromatic N) is 1. The first-order valence-corrected chi connectivity index (χ1v) is 7.82. The average Bonchev–Trinajstić information content (AvgIpc) is 2.65. The van der Waals surface area contributed by atoms with Gasteiger partial charge in [-0.05, 0) is 45.9 Å². The van der Waals surface area contributed by atoms with Crippen LogP contribution in [-0.2, 0) is 4.74 Å². The molecule has 2 heterocycles. The fourth-order valence-corrected chi connectivity index (χ4v) is 4.12.